The number of nitrogens with zero attached hydrogens (tertiary/aromatic N) is 4. The van der Waals surface area contributed by atoms with Crippen LogP contribution in [0.3, 0.4) is 0 Å². The molecule has 0 atom stereocenters. The number of benzene rings is 2. The molecule has 44 heavy (non-hydrogen) atoms. The smallest absolute Gasteiger partial charge is 0.410 e. The molecule has 236 valence electrons. The van der Waals surface area contributed by atoms with Crippen molar-refractivity contribution in [1.29, 1.82) is 0 Å². The Morgan fingerprint density at radius 3 is 1.80 bits per heavy atom. The van der Waals surface area contributed by atoms with Crippen molar-refractivity contribution in [2.75, 3.05) is 52.3 Å². The highest BCUT2D eigenvalue weighted by atomic mass is 16.6. The zero-order valence-electron chi connectivity index (χ0n) is 26.1. The van der Waals surface area contributed by atoms with Gasteiger partial charge in [0.25, 0.3) is 0 Å². The maximum Gasteiger partial charge on any atom is 0.410 e. The molecule has 2 aromatic carbocycles. The monoisotopic (exact) mass is 603 g/mol. The number of pyridine rings is 1. The number of rotatable bonds is 8. The molecule has 10 heteroatoms. The minimum absolute atomic E-state index is 0.193. The zero-order chi connectivity index (χ0) is 31.1. The van der Waals surface area contributed by atoms with Crippen LogP contribution >= 0.6 is 0 Å². The van der Waals surface area contributed by atoms with Gasteiger partial charge in [-0.2, -0.15) is 0 Å². The quantitative estimate of drug-likeness (QED) is 0.369. The standard InChI is InChI=1S/C20H25N3O3.C14H20N2O2/c1-22(20(24)26-15-16-6-4-3-5-7-16)17-9-12-23(13-10-17)18-8-11-21-19(14-18)25-2;1-16(13-7-9-15-10-8-13)14(17)18-11-12-5-3-2-4-6-12/h3-8,11,14,17H,9-10,12-13,15H2,1-2H3;2-6,13,15H,7-11H2,1H3. The fraction of sp³-hybridized carbons (Fsp3) is 0.441. The van der Waals surface area contributed by atoms with E-state index in [2.05, 4.69) is 15.2 Å². The van der Waals surface area contributed by atoms with Crippen molar-refractivity contribution in [2.24, 2.45) is 0 Å². The number of ether oxygens (including phenoxy) is 3. The molecule has 3 heterocycles. The third-order valence-corrected chi connectivity index (χ3v) is 8.15. The summed E-state index contributed by atoms with van der Waals surface area (Å²) in [6.07, 6.45) is 5.06. The van der Waals surface area contributed by atoms with Crippen molar-refractivity contribution < 1.29 is 23.8 Å². The number of amides is 2. The third-order valence-electron chi connectivity index (χ3n) is 8.15. The molecule has 2 saturated heterocycles. The number of piperidine rings is 2. The van der Waals surface area contributed by atoms with Gasteiger partial charge in [-0.1, -0.05) is 60.7 Å². The SMILES string of the molecule is CN(C(=O)OCc1ccccc1)C1CCNCC1.COc1cc(N2CCC(N(C)C(=O)OCc3ccccc3)CC2)ccn1. The zero-order valence-corrected chi connectivity index (χ0v) is 26.1. The van der Waals surface area contributed by atoms with E-state index in [0.717, 1.165) is 68.7 Å². The molecule has 10 nitrogen and oxygen atoms in total. The van der Waals surface area contributed by atoms with Crippen LogP contribution in [0.5, 0.6) is 5.88 Å². The van der Waals surface area contributed by atoms with Crippen molar-refractivity contribution >= 4 is 17.9 Å². The van der Waals surface area contributed by atoms with E-state index in [1.807, 2.05) is 86.9 Å². The van der Waals surface area contributed by atoms with E-state index in [1.165, 1.54) is 0 Å². The molecule has 0 unspecified atom stereocenters. The molecule has 5 rings (SSSR count). The normalized spacial score (nSPS) is 15.4. The molecular formula is C34H45N5O5. The van der Waals surface area contributed by atoms with Gasteiger partial charge in [-0.25, -0.2) is 14.6 Å². The summed E-state index contributed by atoms with van der Waals surface area (Å²) in [7, 11) is 5.26. The Bertz CT molecular complexity index is 1280. The van der Waals surface area contributed by atoms with Gasteiger partial charge in [-0.05, 0) is 56.0 Å². The number of nitrogens with one attached hydrogen (secondary N) is 1. The number of carbonyl (C=O) groups excluding carboxylic acids is 2. The fourth-order valence-electron chi connectivity index (χ4n) is 5.35. The summed E-state index contributed by atoms with van der Waals surface area (Å²) in [5.41, 5.74) is 3.12. The summed E-state index contributed by atoms with van der Waals surface area (Å²) in [6, 6.07) is 23.9. The lowest BCUT2D eigenvalue weighted by Gasteiger charge is -2.37. The molecule has 3 aromatic rings. The Morgan fingerprint density at radius 2 is 1.30 bits per heavy atom. The van der Waals surface area contributed by atoms with E-state index >= 15 is 0 Å². The second kappa shape index (κ2) is 17.1. The molecule has 0 aliphatic carbocycles. The molecule has 2 fully saturated rings. The third kappa shape index (κ3) is 9.87. The topological polar surface area (TPSA) is 96.5 Å². The molecule has 0 spiro atoms. The van der Waals surface area contributed by atoms with Crippen LogP contribution in [0.1, 0.15) is 36.8 Å². The second-order valence-corrected chi connectivity index (χ2v) is 11.1. The second-order valence-electron chi connectivity index (χ2n) is 11.1. The van der Waals surface area contributed by atoms with Crippen molar-refractivity contribution in [3.05, 3.63) is 90.1 Å². The van der Waals surface area contributed by atoms with Crippen molar-refractivity contribution in [1.82, 2.24) is 20.1 Å². The average Bonchev–Trinajstić information content (AvgIpc) is 3.10. The van der Waals surface area contributed by atoms with Crippen molar-refractivity contribution in [2.45, 2.75) is 51.0 Å². The Kier molecular flexibility index (Phi) is 12.7. The number of aromatic nitrogens is 1. The molecule has 2 amide bonds. The van der Waals surface area contributed by atoms with E-state index in [-0.39, 0.29) is 18.2 Å². The first kappa shape index (κ1) is 32.6. The molecule has 0 bridgehead atoms. The van der Waals surface area contributed by atoms with Gasteiger partial charge in [0.1, 0.15) is 13.2 Å². The predicted octanol–water partition coefficient (Wildman–Crippen LogP) is 5.33. The number of methoxy groups -OCH3 is 1. The lowest BCUT2D eigenvalue weighted by Crippen LogP contribution is -2.45. The van der Waals surface area contributed by atoms with Gasteiger partial charge >= 0.3 is 12.2 Å². The van der Waals surface area contributed by atoms with E-state index in [0.29, 0.717) is 25.1 Å². The maximum absolute atomic E-state index is 12.3. The van der Waals surface area contributed by atoms with Crippen LogP contribution < -0.4 is 15.0 Å². The minimum Gasteiger partial charge on any atom is -0.481 e. The van der Waals surface area contributed by atoms with Crippen molar-refractivity contribution in [3.8, 4) is 5.88 Å². The Balaban J connectivity index is 0.000000215. The first-order valence-corrected chi connectivity index (χ1v) is 15.3. The van der Waals surface area contributed by atoms with E-state index in [4.69, 9.17) is 14.2 Å². The van der Waals surface area contributed by atoms with Crippen LogP contribution in [-0.4, -0.2) is 86.4 Å². The fourth-order valence-corrected chi connectivity index (χ4v) is 5.35. The summed E-state index contributed by atoms with van der Waals surface area (Å²) in [5, 5.41) is 3.29. The number of hydrogen-bond donors (Lipinski definition) is 1. The Labute approximate surface area is 260 Å². The molecule has 1 N–H and O–H groups in total. The van der Waals surface area contributed by atoms with Gasteiger partial charge in [0.2, 0.25) is 5.88 Å². The van der Waals surface area contributed by atoms with E-state index < -0.39 is 0 Å². The van der Waals surface area contributed by atoms with Gasteiger partial charge in [0.15, 0.2) is 0 Å². The van der Waals surface area contributed by atoms with Crippen LogP contribution in [0.15, 0.2) is 79.0 Å². The van der Waals surface area contributed by atoms with E-state index in [1.54, 1.807) is 23.1 Å². The van der Waals surface area contributed by atoms with Crippen molar-refractivity contribution in [3.63, 3.8) is 0 Å². The molecule has 0 radical (unpaired) electrons. The van der Waals surface area contributed by atoms with Gasteiger partial charge in [0.05, 0.1) is 7.11 Å². The van der Waals surface area contributed by atoms with E-state index in [9.17, 15) is 9.59 Å². The molecule has 1 aromatic heterocycles. The lowest BCUT2D eigenvalue weighted by atomic mass is 10.0. The van der Waals surface area contributed by atoms with Crippen LogP contribution in [-0.2, 0) is 22.7 Å². The average molecular weight is 604 g/mol. The Hall–Kier alpha value is -4.31. The summed E-state index contributed by atoms with van der Waals surface area (Å²) < 4.78 is 15.9. The number of hydrogen-bond acceptors (Lipinski definition) is 8. The van der Waals surface area contributed by atoms with Gasteiger partial charge < -0.3 is 34.2 Å². The summed E-state index contributed by atoms with van der Waals surface area (Å²) in [5.74, 6) is 0.617. The highest BCUT2D eigenvalue weighted by molar-refractivity contribution is 5.68. The number of anilines is 1. The highest BCUT2D eigenvalue weighted by Gasteiger charge is 2.27. The first-order valence-electron chi connectivity index (χ1n) is 15.3. The van der Waals surface area contributed by atoms with Crippen LogP contribution in [0.4, 0.5) is 15.3 Å². The largest absolute Gasteiger partial charge is 0.481 e. The first-order chi connectivity index (χ1) is 21.4. The Morgan fingerprint density at radius 1 is 0.795 bits per heavy atom. The summed E-state index contributed by atoms with van der Waals surface area (Å²) >= 11 is 0. The summed E-state index contributed by atoms with van der Waals surface area (Å²) in [6.45, 7) is 4.36. The molecular weight excluding hydrogens is 558 g/mol. The van der Waals surface area contributed by atoms with Gasteiger partial charge in [0, 0.05) is 57.2 Å². The minimum atomic E-state index is -0.266. The molecule has 2 aliphatic heterocycles. The molecule has 0 saturated carbocycles. The van der Waals surface area contributed by atoms with Crippen LogP contribution in [0, 0.1) is 0 Å². The van der Waals surface area contributed by atoms with Gasteiger partial charge in [-0.3, -0.25) is 0 Å². The maximum atomic E-state index is 12.3. The molecule has 2 aliphatic rings. The summed E-state index contributed by atoms with van der Waals surface area (Å²) in [4.78, 5) is 34.1. The van der Waals surface area contributed by atoms with Crippen LogP contribution in [0.25, 0.3) is 0 Å². The van der Waals surface area contributed by atoms with Crippen LogP contribution in [0.2, 0.25) is 0 Å². The lowest BCUT2D eigenvalue weighted by molar-refractivity contribution is 0.0847. The highest BCUT2D eigenvalue weighted by Crippen LogP contribution is 2.24. The number of carbonyl (C=O) groups is 2. The van der Waals surface area contributed by atoms with Gasteiger partial charge in [-0.15, -0.1) is 0 Å². The predicted molar refractivity (Wildman–Crippen MR) is 171 cm³/mol.